The summed E-state index contributed by atoms with van der Waals surface area (Å²) >= 11 is 0. The van der Waals surface area contributed by atoms with Crippen LogP contribution in [0.25, 0.3) is 0 Å². The van der Waals surface area contributed by atoms with E-state index in [9.17, 15) is 18.7 Å². The summed E-state index contributed by atoms with van der Waals surface area (Å²) in [7, 11) is 0. The molecule has 2 aromatic rings. The number of halogens is 2. The zero-order valence-electron chi connectivity index (χ0n) is 19.4. The standard InChI is InChI=1S/C26H33F2N3O2/c1-26(2)30-15-14-29(18-24(30)25(33)31(26)16-17-32)13-3-4-23(19-5-9-21(27)10-6-19)20-7-11-22(28)12-8-20/h5-12,23-24,32H,3-4,13-18H2,1-2H3. The van der Waals surface area contributed by atoms with Gasteiger partial charge in [0, 0.05) is 32.1 Å². The van der Waals surface area contributed by atoms with E-state index in [1.54, 1.807) is 29.2 Å². The summed E-state index contributed by atoms with van der Waals surface area (Å²) in [6.45, 7) is 7.66. The van der Waals surface area contributed by atoms with Crippen molar-refractivity contribution >= 4 is 5.91 Å². The van der Waals surface area contributed by atoms with Gasteiger partial charge in [0.1, 0.15) is 17.7 Å². The molecule has 0 bridgehead atoms. The number of aliphatic hydroxyl groups is 1. The third kappa shape index (κ3) is 4.95. The Kier molecular flexibility index (Phi) is 7.12. The van der Waals surface area contributed by atoms with Crippen LogP contribution in [0.15, 0.2) is 48.5 Å². The van der Waals surface area contributed by atoms with Gasteiger partial charge in [0.05, 0.1) is 12.3 Å². The fraction of sp³-hybridized carbons (Fsp3) is 0.500. The number of rotatable bonds is 8. The number of piperazine rings is 1. The molecule has 1 amide bonds. The average Bonchev–Trinajstić information content (AvgIpc) is 2.99. The molecule has 2 aliphatic rings. The lowest BCUT2D eigenvalue weighted by molar-refractivity contribution is -0.132. The lowest BCUT2D eigenvalue weighted by Crippen LogP contribution is -2.57. The van der Waals surface area contributed by atoms with Gasteiger partial charge in [-0.1, -0.05) is 24.3 Å². The summed E-state index contributed by atoms with van der Waals surface area (Å²) in [6.07, 6.45) is 1.75. The minimum atomic E-state index is -0.382. The van der Waals surface area contributed by atoms with E-state index in [0.29, 0.717) is 13.1 Å². The van der Waals surface area contributed by atoms with Gasteiger partial charge < -0.3 is 10.0 Å². The van der Waals surface area contributed by atoms with E-state index in [4.69, 9.17) is 0 Å². The summed E-state index contributed by atoms with van der Waals surface area (Å²) < 4.78 is 26.9. The molecule has 5 nitrogen and oxygen atoms in total. The van der Waals surface area contributed by atoms with Crippen LogP contribution >= 0.6 is 0 Å². The number of benzene rings is 2. The van der Waals surface area contributed by atoms with Crippen molar-refractivity contribution in [1.82, 2.24) is 14.7 Å². The van der Waals surface area contributed by atoms with Crippen molar-refractivity contribution in [2.24, 2.45) is 0 Å². The maximum atomic E-state index is 13.5. The Balaban J connectivity index is 1.40. The number of carbonyl (C=O) groups excluding carboxylic acids is 1. The average molecular weight is 458 g/mol. The highest BCUT2D eigenvalue weighted by atomic mass is 19.1. The normalized spacial score (nSPS) is 21.1. The Morgan fingerprint density at radius 2 is 1.55 bits per heavy atom. The first kappa shape index (κ1) is 23.8. The number of β-amino-alcohol motifs (C(OH)–C–C–N with tert-alkyl or cyclic N) is 1. The SMILES string of the molecule is CC1(C)N(CCO)C(=O)C2CN(CCCC(c3ccc(F)cc3)c3ccc(F)cc3)CCN21. The molecule has 0 aromatic heterocycles. The minimum absolute atomic E-state index is 0.0341. The Labute approximate surface area is 194 Å². The highest BCUT2D eigenvalue weighted by molar-refractivity contribution is 5.85. The fourth-order valence-electron chi connectivity index (χ4n) is 5.43. The molecule has 0 radical (unpaired) electrons. The molecule has 0 saturated carbocycles. The van der Waals surface area contributed by atoms with Gasteiger partial charge >= 0.3 is 0 Å². The van der Waals surface area contributed by atoms with Crippen LogP contribution in [0.2, 0.25) is 0 Å². The molecular formula is C26H33F2N3O2. The Bertz CT molecular complexity index is 904. The van der Waals surface area contributed by atoms with E-state index < -0.39 is 0 Å². The Morgan fingerprint density at radius 3 is 2.09 bits per heavy atom. The first-order chi connectivity index (χ1) is 15.8. The van der Waals surface area contributed by atoms with E-state index >= 15 is 0 Å². The van der Waals surface area contributed by atoms with Gasteiger partial charge in [-0.05, 0) is 68.6 Å². The molecule has 2 aliphatic heterocycles. The molecule has 0 spiro atoms. The van der Waals surface area contributed by atoms with Gasteiger partial charge in [-0.2, -0.15) is 0 Å². The Morgan fingerprint density at radius 1 is 0.970 bits per heavy atom. The van der Waals surface area contributed by atoms with Crippen LogP contribution < -0.4 is 0 Å². The molecular weight excluding hydrogens is 424 g/mol. The quantitative estimate of drug-likeness (QED) is 0.660. The maximum absolute atomic E-state index is 13.5. The highest BCUT2D eigenvalue weighted by Gasteiger charge is 2.52. The monoisotopic (exact) mass is 457 g/mol. The van der Waals surface area contributed by atoms with Crippen LogP contribution in [0.1, 0.15) is 43.7 Å². The highest BCUT2D eigenvalue weighted by Crippen LogP contribution is 2.34. The van der Waals surface area contributed by atoms with E-state index in [-0.39, 0.29) is 41.8 Å². The summed E-state index contributed by atoms with van der Waals surface area (Å²) in [5.41, 5.74) is 1.65. The fourth-order valence-corrected chi connectivity index (χ4v) is 5.43. The van der Waals surface area contributed by atoms with Gasteiger partial charge in [-0.3, -0.25) is 14.6 Å². The van der Waals surface area contributed by atoms with E-state index in [2.05, 4.69) is 9.80 Å². The zero-order chi connectivity index (χ0) is 23.6. The summed E-state index contributed by atoms with van der Waals surface area (Å²) in [6, 6.07) is 12.9. The predicted octanol–water partition coefficient (Wildman–Crippen LogP) is 3.43. The number of hydrogen-bond acceptors (Lipinski definition) is 4. The van der Waals surface area contributed by atoms with Gasteiger partial charge in [0.15, 0.2) is 0 Å². The van der Waals surface area contributed by atoms with Crippen molar-refractivity contribution in [2.45, 2.75) is 44.3 Å². The molecule has 2 heterocycles. The predicted molar refractivity (Wildman–Crippen MR) is 124 cm³/mol. The minimum Gasteiger partial charge on any atom is -0.395 e. The molecule has 1 atom stereocenters. The van der Waals surface area contributed by atoms with Crippen LogP contribution in [-0.2, 0) is 4.79 Å². The largest absolute Gasteiger partial charge is 0.395 e. The zero-order valence-corrected chi connectivity index (χ0v) is 19.4. The molecule has 7 heteroatoms. The van der Waals surface area contributed by atoms with Gasteiger partial charge in [-0.15, -0.1) is 0 Å². The molecule has 2 aromatic carbocycles. The summed E-state index contributed by atoms with van der Waals surface area (Å²) in [4.78, 5) is 19.4. The third-order valence-electron chi connectivity index (χ3n) is 7.21. The molecule has 178 valence electrons. The molecule has 1 N–H and O–H groups in total. The summed E-state index contributed by atoms with van der Waals surface area (Å²) in [5, 5.41) is 9.38. The topological polar surface area (TPSA) is 47.0 Å². The number of fused-ring (bicyclic) bond motifs is 1. The molecule has 4 rings (SSSR count). The number of nitrogens with zero attached hydrogens (tertiary/aromatic N) is 3. The van der Waals surface area contributed by atoms with Crippen LogP contribution in [-0.4, -0.2) is 76.7 Å². The van der Waals surface area contributed by atoms with E-state index in [1.807, 2.05) is 13.8 Å². The summed E-state index contributed by atoms with van der Waals surface area (Å²) in [5.74, 6) is -0.392. The second kappa shape index (κ2) is 9.87. The van der Waals surface area contributed by atoms with Gasteiger partial charge in [0.2, 0.25) is 5.91 Å². The smallest absolute Gasteiger partial charge is 0.242 e. The van der Waals surface area contributed by atoms with Crippen LogP contribution in [0.3, 0.4) is 0 Å². The van der Waals surface area contributed by atoms with Crippen molar-refractivity contribution in [3.63, 3.8) is 0 Å². The number of hydrogen-bond donors (Lipinski definition) is 1. The number of aliphatic hydroxyl groups excluding tert-OH is 1. The molecule has 2 saturated heterocycles. The molecule has 1 unspecified atom stereocenters. The second-order valence-corrected chi connectivity index (χ2v) is 9.52. The number of amides is 1. The first-order valence-electron chi connectivity index (χ1n) is 11.7. The van der Waals surface area contributed by atoms with Crippen molar-refractivity contribution < 1.29 is 18.7 Å². The van der Waals surface area contributed by atoms with Crippen molar-refractivity contribution in [3.05, 3.63) is 71.3 Å². The van der Waals surface area contributed by atoms with E-state index in [1.165, 1.54) is 24.3 Å². The Hall–Kier alpha value is -2.35. The van der Waals surface area contributed by atoms with E-state index in [0.717, 1.165) is 43.6 Å². The van der Waals surface area contributed by atoms with Crippen molar-refractivity contribution in [1.29, 1.82) is 0 Å². The first-order valence-corrected chi connectivity index (χ1v) is 11.7. The molecule has 0 aliphatic carbocycles. The molecule has 2 fully saturated rings. The second-order valence-electron chi connectivity index (χ2n) is 9.52. The lowest BCUT2D eigenvalue weighted by atomic mass is 9.87. The van der Waals surface area contributed by atoms with Crippen molar-refractivity contribution in [3.8, 4) is 0 Å². The van der Waals surface area contributed by atoms with Gasteiger partial charge in [-0.25, -0.2) is 8.78 Å². The lowest BCUT2D eigenvalue weighted by Gasteiger charge is -2.43. The van der Waals surface area contributed by atoms with Gasteiger partial charge in [0.25, 0.3) is 0 Å². The third-order valence-corrected chi connectivity index (χ3v) is 7.21. The molecule has 33 heavy (non-hydrogen) atoms. The maximum Gasteiger partial charge on any atom is 0.242 e. The van der Waals surface area contributed by atoms with Crippen LogP contribution in [0.5, 0.6) is 0 Å². The van der Waals surface area contributed by atoms with Crippen LogP contribution in [0.4, 0.5) is 8.78 Å². The van der Waals surface area contributed by atoms with Crippen molar-refractivity contribution in [2.75, 3.05) is 39.3 Å². The van der Waals surface area contributed by atoms with Crippen LogP contribution in [0, 0.1) is 11.6 Å². The number of carbonyl (C=O) groups is 1.